The zero-order valence-corrected chi connectivity index (χ0v) is 15.7. The standard InChI is InChI=1S/C19H17F7O4/c1-17(2)11(13(17)15(28)29-9-10-6-4-3-5-7-10)8-12(20)14(27)30-16(18(21,22)23)19(24,25)26/h3-8,11,13,16H,9H2,1-2H3/b12-8+/t11-,13-/m0/s1. The van der Waals surface area contributed by atoms with Crippen LogP contribution in [0.5, 0.6) is 0 Å². The molecule has 2 rings (SSSR count). The molecule has 0 radical (unpaired) electrons. The molecule has 1 aliphatic rings. The van der Waals surface area contributed by atoms with Crippen molar-refractivity contribution >= 4 is 11.9 Å². The maximum atomic E-state index is 14.0. The molecule has 0 unspecified atom stereocenters. The normalized spacial score (nSPS) is 21.3. The van der Waals surface area contributed by atoms with Crippen molar-refractivity contribution in [2.24, 2.45) is 17.3 Å². The predicted molar refractivity (Wildman–Crippen MR) is 88.2 cm³/mol. The van der Waals surface area contributed by atoms with E-state index in [4.69, 9.17) is 4.74 Å². The van der Waals surface area contributed by atoms with E-state index in [0.717, 1.165) is 0 Å². The van der Waals surface area contributed by atoms with Crippen LogP contribution in [0.1, 0.15) is 19.4 Å². The molecular formula is C19H17F7O4. The van der Waals surface area contributed by atoms with Crippen LogP contribution >= 0.6 is 0 Å². The van der Waals surface area contributed by atoms with Crippen molar-refractivity contribution < 1.29 is 49.8 Å². The summed E-state index contributed by atoms with van der Waals surface area (Å²) in [5.74, 6) is -7.02. The van der Waals surface area contributed by atoms with Crippen LogP contribution in [0, 0.1) is 17.3 Å². The van der Waals surface area contributed by atoms with Crippen molar-refractivity contribution in [3.8, 4) is 0 Å². The lowest BCUT2D eigenvalue weighted by atomic mass is 10.1. The molecule has 166 valence electrons. The Morgan fingerprint density at radius 1 is 1.07 bits per heavy atom. The third kappa shape index (κ3) is 5.51. The molecule has 2 atom stereocenters. The van der Waals surface area contributed by atoms with Crippen molar-refractivity contribution in [1.82, 2.24) is 0 Å². The Morgan fingerprint density at radius 2 is 1.60 bits per heavy atom. The summed E-state index contributed by atoms with van der Waals surface area (Å²) in [6, 6.07) is 8.56. The molecule has 1 aromatic carbocycles. The first kappa shape index (κ1) is 23.7. The van der Waals surface area contributed by atoms with Gasteiger partial charge in [0.25, 0.3) is 6.10 Å². The first-order valence-electron chi connectivity index (χ1n) is 8.58. The van der Waals surface area contributed by atoms with E-state index in [1.54, 1.807) is 30.3 Å². The third-order valence-electron chi connectivity index (χ3n) is 4.73. The fourth-order valence-electron chi connectivity index (χ4n) is 2.97. The number of benzene rings is 1. The highest BCUT2D eigenvalue weighted by Gasteiger charge is 2.63. The first-order chi connectivity index (χ1) is 13.7. The predicted octanol–water partition coefficient (Wildman–Crippen LogP) is 4.89. The Hall–Kier alpha value is -2.59. The molecule has 0 spiro atoms. The third-order valence-corrected chi connectivity index (χ3v) is 4.73. The average Bonchev–Trinajstić information content (AvgIpc) is 3.16. The summed E-state index contributed by atoms with van der Waals surface area (Å²) in [7, 11) is 0. The molecule has 0 bridgehead atoms. The molecular weight excluding hydrogens is 425 g/mol. The molecule has 4 nitrogen and oxygen atoms in total. The lowest BCUT2D eigenvalue weighted by Gasteiger charge is -2.22. The summed E-state index contributed by atoms with van der Waals surface area (Å²) in [5.41, 5.74) is -0.240. The van der Waals surface area contributed by atoms with Gasteiger partial charge in [-0.1, -0.05) is 44.2 Å². The van der Waals surface area contributed by atoms with Gasteiger partial charge in [0.15, 0.2) is 0 Å². The van der Waals surface area contributed by atoms with Crippen molar-refractivity contribution in [1.29, 1.82) is 0 Å². The summed E-state index contributed by atoms with van der Waals surface area (Å²) >= 11 is 0. The smallest absolute Gasteiger partial charge is 0.434 e. The molecule has 30 heavy (non-hydrogen) atoms. The molecule has 0 amide bonds. The summed E-state index contributed by atoms with van der Waals surface area (Å²) in [6.45, 7) is 2.94. The van der Waals surface area contributed by atoms with Gasteiger partial charge in [-0.2, -0.15) is 30.7 Å². The van der Waals surface area contributed by atoms with Gasteiger partial charge in [0.2, 0.25) is 5.83 Å². The topological polar surface area (TPSA) is 52.6 Å². The monoisotopic (exact) mass is 442 g/mol. The average molecular weight is 442 g/mol. The number of carbonyl (C=O) groups excluding carboxylic acids is 2. The van der Waals surface area contributed by atoms with E-state index in [9.17, 15) is 40.3 Å². The second-order valence-corrected chi connectivity index (χ2v) is 7.30. The maximum absolute atomic E-state index is 14.0. The van der Waals surface area contributed by atoms with Crippen molar-refractivity contribution in [3.63, 3.8) is 0 Å². The van der Waals surface area contributed by atoms with Crippen molar-refractivity contribution in [2.75, 3.05) is 0 Å². The Labute approximate surface area is 166 Å². The first-order valence-corrected chi connectivity index (χ1v) is 8.58. The van der Waals surface area contributed by atoms with Crippen LogP contribution in [-0.2, 0) is 25.7 Å². The highest BCUT2D eigenvalue weighted by atomic mass is 19.4. The number of ether oxygens (including phenoxy) is 2. The van der Waals surface area contributed by atoms with Gasteiger partial charge >= 0.3 is 24.3 Å². The van der Waals surface area contributed by atoms with Gasteiger partial charge in [-0.3, -0.25) is 4.79 Å². The van der Waals surface area contributed by atoms with Gasteiger partial charge < -0.3 is 9.47 Å². The fraction of sp³-hybridized carbons (Fsp3) is 0.474. The number of rotatable bonds is 6. The van der Waals surface area contributed by atoms with E-state index in [1.807, 2.05) is 0 Å². The number of allylic oxidation sites excluding steroid dienone is 1. The number of alkyl halides is 6. The highest BCUT2D eigenvalue weighted by Crippen LogP contribution is 2.60. The van der Waals surface area contributed by atoms with E-state index in [-0.39, 0.29) is 6.61 Å². The second kappa shape index (κ2) is 8.27. The quantitative estimate of drug-likeness (QED) is 0.358. The highest BCUT2D eigenvalue weighted by molar-refractivity contribution is 5.87. The van der Waals surface area contributed by atoms with E-state index in [0.29, 0.717) is 11.6 Å². The number of esters is 2. The Morgan fingerprint density at radius 3 is 2.10 bits per heavy atom. The largest absolute Gasteiger partial charge is 0.461 e. The van der Waals surface area contributed by atoms with Crippen LogP contribution in [0.2, 0.25) is 0 Å². The van der Waals surface area contributed by atoms with E-state index in [1.165, 1.54) is 13.8 Å². The van der Waals surface area contributed by atoms with E-state index < -0.39 is 53.5 Å². The number of halogens is 7. The zero-order valence-electron chi connectivity index (χ0n) is 15.7. The summed E-state index contributed by atoms with van der Waals surface area (Å²) in [4.78, 5) is 23.6. The minimum atomic E-state index is -5.96. The van der Waals surface area contributed by atoms with Gasteiger partial charge in [0.1, 0.15) is 6.61 Å². The van der Waals surface area contributed by atoms with Gasteiger partial charge in [0, 0.05) is 0 Å². The van der Waals surface area contributed by atoms with Gasteiger partial charge in [-0.25, -0.2) is 4.79 Å². The lowest BCUT2D eigenvalue weighted by Crippen LogP contribution is -2.45. The summed E-state index contributed by atoms with van der Waals surface area (Å²) < 4.78 is 96.9. The van der Waals surface area contributed by atoms with Gasteiger partial charge in [-0.15, -0.1) is 0 Å². The van der Waals surface area contributed by atoms with Crippen LogP contribution in [0.4, 0.5) is 30.7 Å². The van der Waals surface area contributed by atoms with Crippen molar-refractivity contribution in [3.05, 3.63) is 47.8 Å². The Kier molecular flexibility index (Phi) is 6.53. The molecule has 11 heteroatoms. The molecule has 1 aromatic rings. The van der Waals surface area contributed by atoms with Crippen LogP contribution in [0.15, 0.2) is 42.2 Å². The fourth-order valence-corrected chi connectivity index (χ4v) is 2.97. The summed E-state index contributed by atoms with van der Waals surface area (Å²) in [6.07, 6.45) is -15.9. The van der Waals surface area contributed by atoms with Crippen LogP contribution in [0.25, 0.3) is 0 Å². The lowest BCUT2D eigenvalue weighted by molar-refractivity contribution is -0.312. The zero-order chi connectivity index (χ0) is 22.9. The second-order valence-electron chi connectivity index (χ2n) is 7.30. The number of hydrogen-bond acceptors (Lipinski definition) is 4. The molecule has 1 fully saturated rings. The minimum Gasteiger partial charge on any atom is -0.461 e. The minimum absolute atomic E-state index is 0.0773. The van der Waals surface area contributed by atoms with Crippen molar-refractivity contribution in [2.45, 2.75) is 38.9 Å². The Balaban J connectivity index is 2.04. The van der Waals surface area contributed by atoms with Crippen LogP contribution < -0.4 is 0 Å². The molecule has 0 saturated heterocycles. The van der Waals surface area contributed by atoms with E-state index in [2.05, 4.69) is 4.74 Å². The number of carbonyl (C=O) groups is 2. The molecule has 0 aromatic heterocycles. The van der Waals surface area contributed by atoms with Crippen LogP contribution in [0.3, 0.4) is 0 Å². The molecule has 0 heterocycles. The molecule has 1 saturated carbocycles. The molecule has 1 aliphatic carbocycles. The maximum Gasteiger partial charge on any atom is 0.434 e. The Bertz CT molecular complexity index is 798. The summed E-state index contributed by atoms with van der Waals surface area (Å²) in [5, 5.41) is 0. The van der Waals surface area contributed by atoms with Gasteiger partial charge in [-0.05, 0) is 23.0 Å². The molecule has 0 N–H and O–H groups in total. The SMILES string of the molecule is CC1(C)[C@H](C(=O)OCc2ccccc2)[C@@H]1/C=C(/F)C(=O)OC(C(F)(F)F)C(F)(F)F. The van der Waals surface area contributed by atoms with Crippen LogP contribution in [-0.4, -0.2) is 30.4 Å². The van der Waals surface area contributed by atoms with Gasteiger partial charge in [0.05, 0.1) is 5.92 Å². The number of hydrogen-bond donors (Lipinski definition) is 0. The van der Waals surface area contributed by atoms with E-state index >= 15 is 0 Å². The molecule has 0 aliphatic heterocycles.